The number of aromatic amines is 1. The van der Waals surface area contributed by atoms with Crippen molar-refractivity contribution in [2.75, 3.05) is 50.8 Å². The van der Waals surface area contributed by atoms with E-state index >= 15 is 0 Å². The maximum atomic E-state index is 13.7. The van der Waals surface area contributed by atoms with E-state index in [1.54, 1.807) is 17.0 Å². The molecule has 1 amide bonds. The Balaban J connectivity index is 0.00000267. The molecule has 186 valence electrons. The molecule has 0 radical (unpaired) electrons. The third-order valence-electron chi connectivity index (χ3n) is 7.42. The predicted molar refractivity (Wildman–Crippen MR) is 137 cm³/mol. The van der Waals surface area contributed by atoms with Crippen LogP contribution in [0.3, 0.4) is 0 Å². The first-order chi connectivity index (χ1) is 17.0. The van der Waals surface area contributed by atoms with E-state index in [0.29, 0.717) is 39.3 Å². The standard InChI is InChI=1S/C26H30N4O4S.H2/c31-26(29-13-15-34-16-14-29)25-9-12-30(25)35(32,33)20-7-8-24(28-10-3-4-11-28)21(18-20)23-17-19-5-1-2-6-22(19)27-23;/h1-2,5-8,17-18,25,27H,3-4,9-16H2;1H/t25-;/m1./s1. The van der Waals surface area contributed by atoms with E-state index < -0.39 is 16.1 Å². The molecule has 4 heterocycles. The molecule has 3 aliphatic heterocycles. The molecule has 1 aromatic heterocycles. The Morgan fingerprint density at radius 3 is 2.46 bits per heavy atom. The van der Waals surface area contributed by atoms with E-state index in [1.807, 2.05) is 30.3 Å². The molecule has 3 saturated heterocycles. The highest BCUT2D eigenvalue weighted by Gasteiger charge is 2.44. The Hall–Kier alpha value is -2.88. The Morgan fingerprint density at radius 1 is 0.971 bits per heavy atom. The molecule has 0 unspecified atom stereocenters. The summed E-state index contributed by atoms with van der Waals surface area (Å²) in [6, 6.07) is 14.9. The van der Waals surface area contributed by atoms with E-state index in [1.165, 1.54) is 4.31 Å². The number of hydrogen-bond donors (Lipinski definition) is 1. The number of benzene rings is 2. The van der Waals surface area contributed by atoms with Crippen LogP contribution in [0.1, 0.15) is 20.7 Å². The minimum Gasteiger partial charge on any atom is -0.378 e. The molecule has 0 aliphatic carbocycles. The van der Waals surface area contributed by atoms with Gasteiger partial charge in [-0.05, 0) is 49.6 Å². The number of hydrogen-bond acceptors (Lipinski definition) is 5. The molecule has 3 fully saturated rings. The van der Waals surface area contributed by atoms with Crippen molar-refractivity contribution >= 4 is 32.5 Å². The van der Waals surface area contributed by atoms with Gasteiger partial charge in [0.15, 0.2) is 0 Å². The van der Waals surface area contributed by atoms with E-state index in [-0.39, 0.29) is 12.2 Å². The quantitative estimate of drug-likeness (QED) is 0.586. The van der Waals surface area contributed by atoms with Crippen molar-refractivity contribution in [2.24, 2.45) is 0 Å². The number of anilines is 1. The first-order valence-corrected chi connectivity index (χ1v) is 13.8. The molecule has 1 atom stereocenters. The molecule has 35 heavy (non-hydrogen) atoms. The lowest BCUT2D eigenvalue weighted by molar-refractivity contribution is -0.142. The number of fused-ring (bicyclic) bond motifs is 1. The van der Waals surface area contributed by atoms with Crippen molar-refractivity contribution < 1.29 is 19.4 Å². The SMILES string of the molecule is O=C([C@H]1CCN1S(=O)(=O)c1ccc(N2CCCC2)c(-c2cc3ccccc3[nH]2)c1)N1CCOCC1.[HH]. The van der Waals surface area contributed by atoms with Gasteiger partial charge in [-0.15, -0.1) is 0 Å². The molecule has 8 nitrogen and oxygen atoms in total. The Morgan fingerprint density at radius 2 is 1.74 bits per heavy atom. The summed E-state index contributed by atoms with van der Waals surface area (Å²) in [4.78, 5) is 20.8. The van der Waals surface area contributed by atoms with Crippen LogP contribution in [0.2, 0.25) is 0 Å². The molecule has 0 bridgehead atoms. The Bertz CT molecular complexity index is 1330. The second kappa shape index (κ2) is 8.96. The van der Waals surface area contributed by atoms with Gasteiger partial charge in [0.05, 0.1) is 18.1 Å². The van der Waals surface area contributed by atoms with Crippen LogP contribution < -0.4 is 4.90 Å². The van der Waals surface area contributed by atoms with Crippen LogP contribution in [-0.4, -0.2) is 80.5 Å². The first-order valence-electron chi connectivity index (χ1n) is 12.4. The lowest BCUT2D eigenvalue weighted by Crippen LogP contribution is -2.60. The number of sulfonamides is 1. The first kappa shape index (κ1) is 22.6. The molecule has 0 spiro atoms. The summed E-state index contributed by atoms with van der Waals surface area (Å²) in [5.41, 5.74) is 3.83. The highest BCUT2D eigenvalue weighted by Crippen LogP contribution is 2.38. The highest BCUT2D eigenvalue weighted by atomic mass is 32.2. The molecule has 3 aliphatic rings. The van der Waals surface area contributed by atoms with Gasteiger partial charge in [-0.2, -0.15) is 4.31 Å². The van der Waals surface area contributed by atoms with Crippen LogP contribution in [0, 0.1) is 0 Å². The molecular weight excluding hydrogens is 464 g/mol. The van der Waals surface area contributed by atoms with E-state index in [9.17, 15) is 13.2 Å². The highest BCUT2D eigenvalue weighted by molar-refractivity contribution is 7.89. The zero-order chi connectivity index (χ0) is 24.0. The second-order valence-corrected chi connectivity index (χ2v) is 11.4. The molecule has 3 aromatic rings. The number of nitrogens with zero attached hydrogens (tertiary/aromatic N) is 3. The summed E-state index contributed by atoms with van der Waals surface area (Å²) in [6.07, 6.45) is 2.81. The number of rotatable bonds is 5. The second-order valence-electron chi connectivity index (χ2n) is 9.50. The monoisotopic (exact) mass is 496 g/mol. The topological polar surface area (TPSA) is 86.0 Å². The van der Waals surface area contributed by atoms with Gasteiger partial charge in [-0.3, -0.25) is 4.79 Å². The van der Waals surface area contributed by atoms with Crippen molar-refractivity contribution in [3.05, 3.63) is 48.5 Å². The third kappa shape index (κ3) is 4.01. The van der Waals surface area contributed by atoms with Crippen LogP contribution in [0.25, 0.3) is 22.2 Å². The van der Waals surface area contributed by atoms with Crippen molar-refractivity contribution in [1.82, 2.24) is 14.2 Å². The molecule has 2 aromatic carbocycles. The van der Waals surface area contributed by atoms with Gasteiger partial charge >= 0.3 is 0 Å². The Kier molecular flexibility index (Phi) is 5.78. The molecule has 1 N–H and O–H groups in total. The fraction of sp³-hybridized carbons (Fsp3) is 0.423. The minimum absolute atomic E-state index is 0. The summed E-state index contributed by atoms with van der Waals surface area (Å²) in [5.74, 6) is -0.118. The summed E-state index contributed by atoms with van der Waals surface area (Å²) >= 11 is 0. The van der Waals surface area contributed by atoms with Crippen molar-refractivity contribution in [3.63, 3.8) is 0 Å². The number of nitrogens with one attached hydrogen (secondary N) is 1. The lowest BCUT2D eigenvalue weighted by atomic mass is 10.1. The van der Waals surface area contributed by atoms with Gasteiger partial charge in [0.2, 0.25) is 15.9 Å². The summed E-state index contributed by atoms with van der Waals surface area (Å²) < 4.78 is 34.1. The largest absolute Gasteiger partial charge is 0.378 e. The maximum absolute atomic E-state index is 13.7. The predicted octanol–water partition coefficient (Wildman–Crippen LogP) is 3.30. The Labute approximate surface area is 207 Å². The zero-order valence-corrected chi connectivity index (χ0v) is 20.5. The molecule has 0 saturated carbocycles. The lowest BCUT2D eigenvalue weighted by Gasteiger charge is -2.41. The van der Waals surface area contributed by atoms with Crippen LogP contribution in [0.5, 0.6) is 0 Å². The number of amides is 1. The number of carbonyl (C=O) groups excluding carboxylic acids is 1. The van der Waals surface area contributed by atoms with Gasteiger partial charge in [0, 0.05) is 62.0 Å². The van der Waals surface area contributed by atoms with Crippen molar-refractivity contribution in [1.29, 1.82) is 0 Å². The van der Waals surface area contributed by atoms with Crippen LogP contribution in [0.15, 0.2) is 53.4 Å². The fourth-order valence-corrected chi connectivity index (χ4v) is 7.03. The van der Waals surface area contributed by atoms with Gasteiger partial charge < -0.3 is 19.5 Å². The van der Waals surface area contributed by atoms with Gasteiger partial charge in [-0.1, -0.05) is 18.2 Å². The maximum Gasteiger partial charge on any atom is 0.243 e. The van der Waals surface area contributed by atoms with Crippen LogP contribution in [0.4, 0.5) is 5.69 Å². The van der Waals surface area contributed by atoms with Gasteiger partial charge in [-0.25, -0.2) is 8.42 Å². The number of ether oxygens (including phenoxy) is 1. The molecule has 9 heteroatoms. The van der Waals surface area contributed by atoms with Crippen LogP contribution >= 0.6 is 0 Å². The van der Waals surface area contributed by atoms with Crippen LogP contribution in [-0.2, 0) is 19.6 Å². The van der Waals surface area contributed by atoms with Gasteiger partial charge in [0.1, 0.15) is 6.04 Å². The molecule has 6 rings (SSSR count). The molecular formula is C26H32N4O4S. The minimum atomic E-state index is -3.81. The van der Waals surface area contributed by atoms with E-state index in [4.69, 9.17) is 4.74 Å². The number of para-hydroxylation sites is 1. The number of carbonyl (C=O) groups is 1. The summed E-state index contributed by atoms with van der Waals surface area (Å²) in [7, 11) is -3.81. The summed E-state index contributed by atoms with van der Waals surface area (Å²) in [5, 5.41) is 1.09. The fourth-order valence-electron chi connectivity index (χ4n) is 5.37. The smallest absolute Gasteiger partial charge is 0.243 e. The van der Waals surface area contributed by atoms with E-state index in [0.717, 1.165) is 53.8 Å². The number of morpholine rings is 1. The van der Waals surface area contributed by atoms with E-state index in [2.05, 4.69) is 16.0 Å². The normalized spacial score (nSPS) is 21.4. The van der Waals surface area contributed by atoms with Gasteiger partial charge in [0.25, 0.3) is 0 Å². The summed E-state index contributed by atoms with van der Waals surface area (Å²) in [6.45, 7) is 4.30. The average molecular weight is 497 g/mol. The number of aromatic nitrogens is 1. The number of H-pyrrole nitrogens is 1. The van der Waals surface area contributed by atoms with Crippen molar-refractivity contribution in [3.8, 4) is 11.3 Å². The van der Waals surface area contributed by atoms with Crippen molar-refractivity contribution in [2.45, 2.75) is 30.2 Å². The zero-order valence-electron chi connectivity index (χ0n) is 19.7. The average Bonchev–Trinajstić information content (AvgIpc) is 3.53. The third-order valence-corrected chi connectivity index (χ3v) is 9.32.